The van der Waals surface area contributed by atoms with Crippen LogP contribution in [0.1, 0.15) is 38.5 Å². The highest BCUT2D eigenvalue weighted by Crippen LogP contribution is 2.21. The number of alkyl halides is 1. The summed E-state index contributed by atoms with van der Waals surface area (Å²) in [4.78, 5) is 16.7. The van der Waals surface area contributed by atoms with E-state index >= 15 is 0 Å². The lowest BCUT2D eigenvalue weighted by Crippen LogP contribution is -2.39. The van der Waals surface area contributed by atoms with E-state index in [0.717, 1.165) is 32.4 Å². The summed E-state index contributed by atoms with van der Waals surface area (Å²) >= 11 is 5.64. The van der Waals surface area contributed by atoms with E-state index in [2.05, 4.69) is 9.80 Å². The Bertz CT molecular complexity index is 260. The first-order chi connectivity index (χ1) is 8.31. The van der Waals surface area contributed by atoms with Gasteiger partial charge in [-0.25, -0.2) is 0 Å². The van der Waals surface area contributed by atoms with Crippen molar-refractivity contribution in [2.75, 3.05) is 32.1 Å². The van der Waals surface area contributed by atoms with Crippen LogP contribution in [0, 0.1) is 0 Å². The summed E-state index contributed by atoms with van der Waals surface area (Å²) in [5.41, 5.74) is 0. The maximum absolute atomic E-state index is 12.1. The second-order valence-electron chi connectivity index (χ2n) is 5.17. The molecule has 98 valence electrons. The van der Waals surface area contributed by atoms with E-state index in [-0.39, 0.29) is 0 Å². The average Bonchev–Trinajstić information content (AvgIpc) is 2.66. The SMILES string of the molecule is O=C(CCCCCl)N1CCCN2CCCC2C1. The monoisotopic (exact) mass is 258 g/mol. The molecule has 0 bridgehead atoms. The minimum atomic E-state index is 0.337. The van der Waals surface area contributed by atoms with Crippen LogP contribution in [0.3, 0.4) is 0 Å². The van der Waals surface area contributed by atoms with Crippen molar-refractivity contribution in [2.45, 2.75) is 44.6 Å². The zero-order valence-corrected chi connectivity index (χ0v) is 11.3. The third-order valence-corrected chi connectivity index (χ3v) is 4.20. The van der Waals surface area contributed by atoms with Crippen molar-refractivity contribution in [2.24, 2.45) is 0 Å². The lowest BCUT2D eigenvalue weighted by Gasteiger charge is -2.25. The Balaban J connectivity index is 1.81. The largest absolute Gasteiger partial charge is 0.341 e. The van der Waals surface area contributed by atoms with Gasteiger partial charge in [-0.2, -0.15) is 0 Å². The first-order valence-electron chi connectivity index (χ1n) is 6.89. The maximum Gasteiger partial charge on any atom is 0.222 e. The van der Waals surface area contributed by atoms with Crippen LogP contribution >= 0.6 is 11.6 Å². The Morgan fingerprint density at radius 2 is 2.00 bits per heavy atom. The quantitative estimate of drug-likeness (QED) is 0.570. The Hall–Kier alpha value is -0.280. The van der Waals surface area contributed by atoms with Gasteiger partial charge < -0.3 is 4.90 Å². The van der Waals surface area contributed by atoms with Crippen molar-refractivity contribution in [3.05, 3.63) is 0 Å². The molecule has 0 aliphatic carbocycles. The fourth-order valence-electron chi connectivity index (χ4n) is 2.96. The zero-order chi connectivity index (χ0) is 12.1. The van der Waals surface area contributed by atoms with E-state index in [1.165, 1.54) is 25.9 Å². The molecule has 2 fully saturated rings. The molecule has 2 aliphatic heterocycles. The number of carbonyl (C=O) groups excluding carboxylic acids is 1. The molecule has 0 aromatic carbocycles. The molecule has 0 aromatic heterocycles. The lowest BCUT2D eigenvalue weighted by molar-refractivity contribution is -0.131. The van der Waals surface area contributed by atoms with Crippen molar-refractivity contribution in [1.82, 2.24) is 9.80 Å². The lowest BCUT2D eigenvalue weighted by atomic mass is 10.2. The molecule has 2 rings (SSSR count). The Kier molecular flexibility index (Phi) is 5.11. The van der Waals surface area contributed by atoms with Crippen LogP contribution in [0.4, 0.5) is 0 Å². The summed E-state index contributed by atoms with van der Waals surface area (Å²) in [5.74, 6) is 1.01. The Labute approximate surface area is 109 Å². The number of hydrogen-bond donors (Lipinski definition) is 0. The summed E-state index contributed by atoms with van der Waals surface area (Å²) in [7, 11) is 0. The fourth-order valence-corrected chi connectivity index (χ4v) is 3.15. The minimum Gasteiger partial charge on any atom is -0.341 e. The molecule has 0 radical (unpaired) electrons. The molecule has 0 N–H and O–H groups in total. The van der Waals surface area contributed by atoms with Crippen molar-refractivity contribution >= 4 is 17.5 Å². The van der Waals surface area contributed by atoms with Gasteiger partial charge in [0.1, 0.15) is 0 Å². The van der Waals surface area contributed by atoms with Crippen molar-refractivity contribution in [3.8, 4) is 0 Å². The average molecular weight is 259 g/mol. The van der Waals surface area contributed by atoms with E-state index < -0.39 is 0 Å². The summed E-state index contributed by atoms with van der Waals surface area (Å²) in [6.07, 6.45) is 6.28. The summed E-state index contributed by atoms with van der Waals surface area (Å²) in [6.45, 7) is 4.32. The van der Waals surface area contributed by atoms with Crippen LogP contribution in [0.5, 0.6) is 0 Å². The number of rotatable bonds is 4. The second kappa shape index (κ2) is 6.60. The van der Waals surface area contributed by atoms with E-state index in [4.69, 9.17) is 11.6 Å². The molecule has 0 saturated carbocycles. The highest BCUT2D eigenvalue weighted by Gasteiger charge is 2.30. The number of fused-ring (bicyclic) bond motifs is 1. The molecule has 2 aliphatic rings. The van der Waals surface area contributed by atoms with Crippen LogP contribution in [0.2, 0.25) is 0 Å². The molecule has 4 heteroatoms. The van der Waals surface area contributed by atoms with Gasteiger partial charge in [0.15, 0.2) is 0 Å². The molecular weight excluding hydrogens is 236 g/mol. The van der Waals surface area contributed by atoms with Gasteiger partial charge in [-0.05, 0) is 38.6 Å². The molecule has 17 heavy (non-hydrogen) atoms. The van der Waals surface area contributed by atoms with Gasteiger partial charge in [0.25, 0.3) is 0 Å². The van der Waals surface area contributed by atoms with Crippen LogP contribution in [-0.2, 0) is 4.79 Å². The van der Waals surface area contributed by atoms with Gasteiger partial charge in [0, 0.05) is 38.0 Å². The Morgan fingerprint density at radius 3 is 2.82 bits per heavy atom. The standard InChI is InChI=1S/C13H23ClN2O/c14-7-2-1-6-13(17)16-10-4-9-15-8-3-5-12(15)11-16/h12H,1-11H2. The predicted octanol–water partition coefficient (Wildman–Crippen LogP) is 2.09. The smallest absolute Gasteiger partial charge is 0.222 e. The summed E-state index contributed by atoms with van der Waals surface area (Å²) < 4.78 is 0. The minimum absolute atomic E-state index is 0.337. The summed E-state index contributed by atoms with van der Waals surface area (Å²) in [6, 6.07) is 0.634. The maximum atomic E-state index is 12.1. The molecule has 1 unspecified atom stereocenters. The number of amides is 1. The zero-order valence-electron chi connectivity index (χ0n) is 10.5. The number of unbranched alkanes of at least 4 members (excludes halogenated alkanes) is 1. The van der Waals surface area contributed by atoms with Crippen LogP contribution in [-0.4, -0.2) is 53.8 Å². The van der Waals surface area contributed by atoms with Crippen LogP contribution in [0.25, 0.3) is 0 Å². The first-order valence-corrected chi connectivity index (χ1v) is 7.42. The first kappa shape index (κ1) is 13.2. The van der Waals surface area contributed by atoms with Gasteiger partial charge in [-0.3, -0.25) is 9.69 Å². The van der Waals surface area contributed by atoms with E-state index in [0.29, 0.717) is 24.2 Å². The molecule has 2 saturated heterocycles. The highest BCUT2D eigenvalue weighted by atomic mass is 35.5. The van der Waals surface area contributed by atoms with Crippen molar-refractivity contribution < 1.29 is 4.79 Å². The molecule has 1 atom stereocenters. The van der Waals surface area contributed by atoms with Gasteiger partial charge in [0.05, 0.1) is 0 Å². The van der Waals surface area contributed by atoms with Gasteiger partial charge in [0.2, 0.25) is 5.91 Å². The molecule has 0 spiro atoms. The third-order valence-electron chi connectivity index (χ3n) is 3.93. The number of hydrogen-bond acceptors (Lipinski definition) is 2. The predicted molar refractivity (Wildman–Crippen MR) is 70.4 cm³/mol. The molecule has 1 amide bonds. The van der Waals surface area contributed by atoms with Crippen molar-refractivity contribution in [3.63, 3.8) is 0 Å². The number of halogens is 1. The van der Waals surface area contributed by atoms with Crippen molar-refractivity contribution in [1.29, 1.82) is 0 Å². The van der Waals surface area contributed by atoms with Gasteiger partial charge >= 0.3 is 0 Å². The fraction of sp³-hybridized carbons (Fsp3) is 0.923. The number of carbonyl (C=O) groups is 1. The van der Waals surface area contributed by atoms with E-state index in [1.807, 2.05) is 0 Å². The normalized spacial score (nSPS) is 25.7. The molecular formula is C13H23ClN2O. The van der Waals surface area contributed by atoms with Crippen LogP contribution in [0.15, 0.2) is 0 Å². The van der Waals surface area contributed by atoms with Crippen LogP contribution < -0.4 is 0 Å². The molecule has 3 nitrogen and oxygen atoms in total. The topological polar surface area (TPSA) is 23.6 Å². The third kappa shape index (κ3) is 3.59. The summed E-state index contributed by atoms with van der Waals surface area (Å²) in [5, 5.41) is 0. The van der Waals surface area contributed by atoms with Gasteiger partial charge in [-0.15, -0.1) is 11.6 Å². The van der Waals surface area contributed by atoms with Gasteiger partial charge in [-0.1, -0.05) is 0 Å². The van der Waals surface area contributed by atoms with E-state index in [9.17, 15) is 4.79 Å². The molecule has 2 heterocycles. The van der Waals surface area contributed by atoms with E-state index in [1.54, 1.807) is 0 Å². The second-order valence-corrected chi connectivity index (χ2v) is 5.55. The molecule has 0 aromatic rings. The number of nitrogens with zero attached hydrogens (tertiary/aromatic N) is 2. The highest BCUT2D eigenvalue weighted by molar-refractivity contribution is 6.17. The Morgan fingerprint density at radius 1 is 1.18 bits per heavy atom.